The molecular formula is C10H18O5. The predicted molar refractivity (Wildman–Crippen MR) is 53.4 cm³/mol. The molecule has 0 N–H and O–H groups in total. The van der Waals surface area contributed by atoms with Crippen molar-refractivity contribution < 1.29 is 23.8 Å². The molecule has 0 aromatic heterocycles. The zero-order chi connectivity index (χ0) is 11.7. The van der Waals surface area contributed by atoms with Crippen molar-refractivity contribution >= 4 is 12.1 Å². The maximum Gasteiger partial charge on any atom is 0.509 e. The van der Waals surface area contributed by atoms with Gasteiger partial charge in [-0.1, -0.05) is 19.8 Å². The molecule has 0 aromatic carbocycles. The van der Waals surface area contributed by atoms with E-state index in [2.05, 4.69) is 16.4 Å². The molecule has 0 spiro atoms. The first-order valence-electron chi connectivity index (χ1n) is 5.03. The third-order valence-electron chi connectivity index (χ3n) is 1.77. The SMILES string of the molecule is CCCCCOC(=O)OC(C)C(=O)OC. The van der Waals surface area contributed by atoms with Gasteiger partial charge < -0.3 is 14.2 Å². The van der Waals surface area contributed by atoms with Crippen molar-refractivity contribution in [3.8, 4) is 0 Å². The van der Waals surface area contributed by atoms with Crippen LogP contribution in [0.15, 0.2) is 0 Å². The summed E-state index contributed by atoms with van der Waals surface area (Å²) < 4.78 is 13.8. The monoisotopic (exact) mass is 218 g/mol. The summed E-state index contributed by atoms with van der Waals surface area (Å²) in [7, 11) is 1.23. The molecule has 15 heavy (non-hydrogen) atoms. The van der Waals surface area contributed by atoms with Gasteiger partial charge in [0.2, 0.25) is 0 Å². The second-order valence-electron chi connectivity index (χ2n) is 3.09. The number of methoxy groups -OCH3 is 1. The highest BCUT2D eigenvalue weighted by atomic mass is 16.7. The van der Waals surface area contributed by atoms with Crippen LogP contribution in [0.2, 0.25) is 0 Å². The van der Waals surface area contributed by atoms with E-state index >= 15 is 0 Å². The molecule has 0 bridgehead atoms. The Morgan fingerprint density at radius 3 is 2.47 bits per heavy atom. The van der Waals surface area contributed by atoms with Gasteiger partial charge in [-0.2, -0.15) is 0 Å². The van der Waals surface area contributed by atoms with Crippen molar-refractivity contribution in [2.24, 2.45) is 0 Å². The molecule has 0 amide bonds. The van der Waals surface area contributed by atoms with Crippen LogP contribution in [0.3, 0.4) is 0 Å². The number of hydrogen-bond donors (Lipinski definition) is 0. The molecular weight excluding hydrogens is 200 g/mol. The number of carbonyl (C=O) groups is 2. The van der Waals surface area contributed by atoms with E-state index < -0.39 is 18.2 Å². The highest BCUT2D eigenvalue weighted by Gasteiger charge is 2.18. The van der Waals surface area contributed by atoms with Crippen LogP contribution in [0.4, 0.5) is 4.79 Å². The molecule has 0 aliphatic heterocycles. The zero-order valence-electron chi connectivity index (χ0n) is 9.45. The van der Waals surface area contributed by atoms with Gasteiger partial charge in [0.05, 0.1) is 13.7 Å². The lowest BCUT2D eigenvalue weighted by Gasteiger charge is -2.10. The fourth-order valence-corrected chi connectivity index (χ4v) is 0.900. The van der Waals surface area contributed by atoms with Crippen LogP contribution >= 0.6 is 0 Å². The van der Waals surface area contributed by atoms with Crippen LogP contribution in [0.1, 0.15) is 33.1 Å². The molecule has 5 heteroatoms. The average Bonchev–Trinajstić information content (AvgIpc) is 2.23. The Morgan fingerprint density at radius 2 is 1.93 bits per heavy atom. The van der Waals surface area contributed by atoms with Crippen molar-refractivity contribution in [3.63, 3.8) is 0 Å². The molecule has 0 rings (SSSR count). The summed E-state index contributed by atoms with van der Waals surface area (Å²) in [6, 6.07) is 0. The number of esters is 1. The van der Waals surface area contributed by atoms with Gasteiger partial charge in [0.25, 0.3) is 0 Å². The predicted octanol–water partition coefficient (Wildman–Crippen LogP) is 1.89. The average molecular weight is 218 g/mol. The van der Waals surface area contributed by atoms with Crippen molar-refractivity contribution in [1.82, 2.24) is 0 Å². The van der Waals surface area contributed by atoms with Crippen molar-refractivity contribution in [1.29, 1.82) is 0 Å². The van der Waals surface area contributed by atoms with Gasteiger partial charge >= 0.3 is 12.1 Å². The molecule has 1 unspecified atom stereocenters. The summed E-state index contributed by atoms with van der Waals surface area (Å²) in [5, 5.41) is 0. The Balaban J connectivity index is 3.60. The van der Waals surface area contributed by atoms with Crippen LogP contribution in [0.25, 0.3) is 0 Å². The Morgan fingerprint density at radius 1 is 1.27 bits per heavy atom. The number of carbonyl (C=O) groups excluding carboxylic acids is 2. The van der Waals surface area contributed by atoms with Gasteiger partial charge in [-0.15, -0.1) is 0 Å². The summed E-state index contributed by atoms with van der Waals surface area (Å²) in [5.41, 5.74) is 0. The van der Waals surface area contributed by atoms with Gasteiger partial charge in [0.15, 0.2) is 6.10 Å². The summed E-state index contributed by atoms with van der Waals surface area (Å²) in [5.74, 6) is -0.597. The minimum atomic E-state index is -0.923. The molecule has 5 nitrogen and oxygen atoms in total. The van der Waals surface area contributed by atoms with Gasteiger partial charge in [-0.3, -0.25) is 0 Å². The van der Waals surface area contributed by atoms with Gasteiger partial charge in [-0.25, -0.2) is 9.59 Å². The minimum absolute atomic E-state index is 0.320. The van der Waals surface area contributed by atoms with E-state index in [0.29, 0.717) is 6.61 Å². The van der Waals surface area contributed by atoms with E-state index in [1.165, 1.54) is 14.0 Å². The Kier molecular flexibility index (Phi) is 7.40. The molecule has 0 fully saturated rings. The Bertz CT molecular complexity index is 202. The van der Waals surface area contributed by atoms with E-state index in [1.807, 2.05) is 0 Å². The number of ether oxygens (including phenoxy) is 3. The van der Waals surface area contributed by atoms with Gasteiger partial charge in [-0.05, 0) is 13.3 Å². The first kappa shape index (κ1) is 13.7. The minimum Gasteiger partial charge on any atom is -0.466 e. The quantitative estimate of drug-likeness (QED) is 0.503. The Labute approximate surface area is 89.7 Å². The summed E-state index contributed by atoms with van der Waals surface area (Å²) in [6.07, 6.45) is 1.10. The summed E-state index contributed by atoms with van der Waals surface area (Å²) in [6.45, 7) is 3.80. The molecule has 0 radical (unpaired) electrons. The van der Waals surface area contributed by atoms with E-state index in [-0.39, 0.29) is 0 Å². The lowest BCUT2D eigenvalue weighted by atomic mass is 10.3. The fourth-order valence-electron chi connectivity index (χ4n) is 0.900. The van der Waals surface area contributed by atoms with Crippen molar-refractivity contribution in [2.45, 2.75) is 39.2 Å². The Hall–Kier alpha value is -1.26. The van der Waals surface area contributed by atoms with Gasteiger partial charge in [0, 0.05) is 0 Å². The largest absolute Gasteiger partial charge is 0.509 e. The topological polar surface area (TPSA) is 61.8 Å². The molecule has 0 aliphatic carbocycles. The lowest BCUT2D eigenvalue weighted by Crippen LogP contribution is -2.25. The maximum absolute atomic E-state index is 11.0. The van der Waals surface area contributed by atoms with Crippen LogP contribution in [0, 0.1) is 0 Å². The highest BCUT2D eigenvalue weighted by molar-refractivity contribution is 5.76. The second kappa shape index (κ2) is 8.08. The first-order valence-corrected chi connectivity index (χ1v) is 5.03. The molecule has 0 aromatic rings. The standard InChI is InChI=1S/C10H18O5/c1-4-5-6-7-14-10(12)15-8(2)9(11)13-3/h8H,4-7H2,1-3H3. The molecule has 0 saturated carbocycles. The molecule has 0 saturated heterocycles. The van der Waals surface area contributed by atoms with E-state index in [0.717, 1.165) is 19.3 Å². The fraction of sp³-hybridized carbons (Fsp3) is 0.800. The molecule has 1 atom stereocenters. The third kappa shape index (κ3) is 6.76. The number of unbranched alkanes of at least 4 members (excludes halogenated alkanes) is 2. The smallest absolute Gasteiger partial charge is 0.466 e. The van der Waals surface area contributed by atoms with E-state index in [4.69, 9.17) is 4.74 Å². The zero-order valence-corrected chi connectivity index (χ0v) is 9.45. The van der Waals surface area contributed by atoms with Crippen LogP contribution < -0.4 is 0 Å². The molecule has 0 heterocycles. The van der Waals surface area contributed by atoms with Crippen LogP contribution in [-0.2, 0) is 19.0 Å². The number of rotatable bonds is 6. The normalized spacial score (nSPS) is 11.7. The molecule has 88 valence electrons. The summed E-state index contributed by atoms with van der Waals surface area (Å²) >= 11 is 0. The lowest BCUT2D eigenvalue weighted by molar-refractivity contribution is -0.150. The van der Waals surface area contributed by atoms with E-state index in [9.17, 15) is 9.59 Å². The van der Waals surface area contributed by atoms with Crippen molar-refractivity contribution in [2.75, 3.05) is 13.7 Å². The number of hydrogen-bond acceptors (Lipinski definition) is 5. The van der Waals surface area contributed by atoms with Crippen molar-refractivity contribution in [3.05, 3.63) is 0 Å². The van der Waals surface area contributed by atoms with Gasteiger partial charge in [0.1, 0.15) is 0 Å². The highest BCUT2D eigenvalue weighted by Crippen LogP contribution is 1.99. The van der Waals surface area contributed by atoms with E-state index in [1.54, 1.807) is 0 Å². The van der Waals surface area contributed by atoms with Crippen LogP contribution in [-0.4, -0.2) is 31.9 Å². The third-order valence-corrected chi connectivity index (χ3v) is 1.77. The first-order chi connectivity index (χ1) is 7.11. The molecule has 0 aliphatic rings. The second-order valence-corrected chi connectivity index (χ2v) is 3.09. The van der Waals surface area contributed by atoms with Crippen LogP contribution in [0.5, 0.6) is 0 Å². The summed E-state index contributed by atoms with van der Waals surface area (Å²) in [4.78, 5) is 21.9. The maximum atomic E-state index is 11.0.